The fourth-order valence-corrected chi connectivity index (χ4v) is 6.18. The van der Waals surface area contributed by atoms with Gasteiger partial charge in [0.15, 0.2) is 0 Å². The Morgan fingerprint density at radius 1 is 0.935 bits per heavy atom. The Kier molecular flexibility index (Phi) is 8.15. The molecule has 0 atom stereocenters. The number of likely N-dealkylation sites (N-methyl/N-ethyl adjacent to an activating group) is 1. The minimum Gasteiger partial charge on any atom is -0.384 e. The number of nitrogens with zero attached hydrogens (tertiary/aromatic N) is 5. The molecule has 1 aliphatic rings. The lowest BCUT2D eigenvalue weighted by molar-refractivity contribution is -0.120. The van der Waals surface area contributed by atoms with Crippen LogP contribution in [0.2, 0.25) is 0 Å². The number of hydrogen-bond acceptors (Lipinski definition) is 7. The van der Waals surface area contributed by atoms with Crippen LogP contribution in [-0.2, 0) is 4.79 Å². The topological polar surface area (TPSA) is 128 Å². The van der Waals surface area contributed by atoms with E-state index >= 15 is 0 Å². The normalized spacial score (nSPS) is 13.9. The van der Waals surface area contributed by atoms with E-state index in [1.165, 1.54) is 18.6 Å². The highest BCUT2D eigenvalue weighted by Crippen LogP contribution is 2.35. The Morgan fingerprint density at radius 3 is 2.61 bits per heavy atom. The van der Waals surface area contributed by atoms with Crippen LogP contribution in [0.15, 0.2) is 67.3 Å². The van der Waals surface area contributed by atoms with E-state index in [1.807, 2.05) is 44.4 Å². The van der Waals surface area contributed by atoms with Crippen LogP contribution in [-0.4, -0.2) is 68.1 Å². The number of rotatable bonds is 9. The monoisotopic (exact) mass is 617 g/mol. The van der Waals surface area contributed by atoms with Crippen LogP contribution in [0.4, 0.5) is 15.8 Å². The van der Waals surface area contributed by atoms with E-state index in [0.717, 1.165) is 71.0 Å². The third kappa shape index (κ3) is 6.18. The van der Waals surface area contributed by atoms with E-state index in [9.17, 15) is 9.18 Å². The summed E-state index contributed by atoms with van der Waals surface area (Å²) >= 11 is 0. The number of pyridine rings is 3. The lowest BCUT2D eigenvalue weighted by atomic mass is 9.88. The summed E-state index contributed by atoms with van der Waals surface area (Å²) in [5, 5.41) is 15.0. The standard InChI is InChI=1S/C35H36FN9O/c1-45(2)11-10-39-25-13-22(12-24(36)15-25)28-19-38-20-32-27(28)16-31(41-32)34-33-30(43-44-34)9-8-29(42-33)23-14-26(18-37-17-23)40-35(46)21-6-4-3-5-7-21/h8-9,12-21,39,41H,3-7,10-11H2,1-2H3,(H,40,46)(H,43,44). The highest BCUT2D eigenvalue weighted by Gasteiger charge is 2.22. The number of halogens is 1. The lowest BCUT2D eigenvalue weighted by Gasteiger charge is -2.20. The molecule has 0 unspecified atom stereocenters. The summed E-state index contributed by atoms with van der Waals surface area (Å²) in [5.41, 5.74) is 8.09. The molecule has 6 aromatic rings. The third-order valence-corrected chi connectivity index (χ3v) is 8.58. The molecule has 46 heavy (non-hydrogen) atoms. The molecule has 5 aromatic heterocycles. The van der Waals surface area contributed by atoms with Gasteiger partial charge in [-0.05, 0) is 75.0 Å². The van der Waals surface area contributed by atoms with Crippen LogP contribution >= 0.6 is 0 Å². The summed E-state index contributed by atoms with van der Waals surface area (Å²) < 4.78 is 14.7. The molecule has 1 aliphatic carbocycles. The summed E-state index contributed by atoms with van der Waals surface area (Å²) in [5.74, 6) is -0.207. The summed E-state index contributed by atoms with van der Waals surface area (Å²) in [6.07, 6.45) is 12.2. The molecular formula is C35H36FN9O. The third-order valence-electron chi connectivity index (χ3n) is 8.58. The number of fused-ring (bicyclic) bond motifs is 2. The number of aromatic amines is 2. The van der Waals surface area contributed by atoms with Crippen molar-refractivity contribution in [1.82, 2.24) is 35.0 Å². The molecule has 7 rings (SSSR count). The van der Waals surface area contributed by atoms with Gasteiger partial charge in [-0.25, -0.2) is 9.37 Å². The first-order valence-electron chi connectivity index (χ1n) is 15.7. The molecule has 0 spiro atoms. The molecule has 4 N–H and O–H groups in total. The number of hydrogen-bond donors (Lipinski definition) is 4. The van der Waals surface area contributed by atoms with E-state index in [4.69, 9.17) is 4.98 Å². The Labute approximate surface area is 265 Å². The minimum atomic E-state index is -0.320. The summed E-state index contributed by atoms with van der Waals surface area (Å²) in [6.45, 7) is 1.53. The van der Waals surface area contributed by atoms with Crippen molar-refractivity contribution in [3.63, 3.8) is 0 Å². The fraction of sp³-hybridized carbons (Fsp3) is 0.286. The van der Waals surface area contributed by atoms with Crippen molar-refractivity contribution < 1.29 is 9.18 Å². The second-order valence-corrected chi connectivity index (χ2v) is 12.2. The van der Waals surface area contributed by atoms with Crippen molar-refractivity contribution in [2.24, 2.45) is 5.92 Å². The van der Waals surface area contributed by atoms with Gasteiger partial charge in [-0.3, -0.25) is 19.9 Å². The van der Waals surface area contributed by atoms with Crippen molar-refractivity contribution >= 4 is 39.2 Å². The second kappa shape index (κ2) is 12.7. The first kappa shape index (κ1) is 29.5. The average molecular weight is 618 g/mol. The van der Waals surface area contributed by atoms with Crippen molar-refractivity contribution in [1.29, 1.82) is 0 Å². The van der Waals surface area contributed by atoms with Gasteiger partial charge in [0.05, 0.1) is 40.5 Å². The van der Waals surface area contributed by atoms with E-state index in [0.29, 0.717) is 34.8 Å². The second-order valence-electron chi connectivity index (χ2n) is 12.2. The van der Waals surface area contributed by atoms with Gasteiger partial charge in [-0.15, -0.1) is 0 Å². The van der Waals surface area contributed by atoms with Crippen molar-refractivity contribution in [3.05, 3.63) is 73.1 Å². The Balaban J connectivity index is 1.19. The zero-order valence-electron chi connectivity index (χ0n) is 25.9. The van der Waals surface area contributed by atoms with Gasteiger partial charge >= 0.3 is 0 Å². The molecular weight excluding hydrogens is 581 g/mol. The SMILES string of the molecule is CN(C)CCNc1cc(F)cc(-c2cncc3[nH]c(-c4n[nH]c5ccc(-c6cncc(NC(=O)C7CCCCC7)c6)nc45)cc23)c1. The first-order valence-corrected chi connectivity index (χ1v) is 15.7. The molecule has 1 saturated carbocycles. The number of benzene rings is 1. The smallest absolute Gasteiger partial charge is 0.227 e. The van der Waals surface area contributed by atoms with Crippen LogP contribution in [0, 0.1) is 11.7 Å². The van der Waals surface area contributed by atoms with Gasteiger partial charge < -0.3 is 20.5 Å². The molecule has 1 aromatic carbocycles. The Hall–Kier alpha value is -5.16. The maximum Gasteiger partial charge on any atom is 0.227 e. The largest absolute Gasteiger partial charge is 0.384 e. The van der Waals surface area contributed by atoms with E-state index in [2.05, 4.69) is 40.7 Å². The van der Waals surface area contributed by atoms with Gasteiger partial charge in [0.1, 0.15) is 17.0 Å². The lowest BCUT2D eigenvalue weighted by Crippen LogP contribution is -2.24. The van der Waals surface area contributed by atoms with Gasteiger partial charge in [0.2, 0.25) is 5.91 Å². The number of nitrogens with one attached hydrogen (secondary N) is 4. The first-order chi connectivity index (χ1) is 22.4. The Bertz CT molecular complexity index is 2030. The summed E-state index contributed by atoms with van der Waals surface area (Å²) in [6, 6.07) is 12.7. The van der Waals surface area contributed by atoms with Gasteiger partial charge in [0.25, 0.3) is 0 Å². The van der Waals surface area contributed by atoms with E-state index in [-0.39, 0.29) is 17.6 Å². The van der Waals surface area contributed by atoms with Crippen molar-refractivity contribution in [2.75, 3.05) is 37.8 Å². The predicted octanol–water partition coefficient (Wildman–Crippen LogP) is 6.86. The van der Waals surface area contributed by atoms with Gasteiger partial charge in [-0.2, -0.15) is 5.10 Å². The molecule has 5 heterocycles. The number of aromatic nitrogens is 6. The summed E-state index contributed by atoms with van der Waals surface area (Å²) in [4.78, 5) is 32.1. The average Bonchev–Trinajstić information content (AvgIpc) is 3.69. The molecule has 0 aliphatic heterocycles. The molecule has 1 fully saturated rings. The van der Waals surface area contributed by atoms with Gasteiger partial charge in [-0.1, -0.05) is 19.3 Å². The van der Waals surface area contributed by atoms with Crippen LogP contribution in [0.3, 0.4) is 0 Å². The highest BCUT2D eigenvalue weighted by atomic mass is 19.1. The van der Waals surface area contributed by atoms with Crippen LogP contribution in [0.25, 0.3) is 55.7 Å². The maximum absolute atomic E-state index is 14.7. The molecule has 1 amide bonds. The quantitative estimate of drug-likeness (QED) is 0.140. The molecule has 10 nitrogen and oxygen atoms in total. The number of H-pyrrole nitrogens is 2. The van der Waals surface area contributed by atoms with Crippen molar-refractivity contribution in [2.45, 2.75) is 32.1 Å². The van der Waals surface area contributed by atoms with Crippen LogP contribution < -0.4 is 10.6 Å². The number of carbonyl (C=O) groups excluding carboxylic acids is 1. The molecule has 234 valence electrons. The molecule has 0 radical (unpaired) electrons. The zero-order chi connectivity index (χ0) is 31.6. The van der Waals surface area contributed by atoms with E-state index < -0.39 is 0 Å². The van der Waals surface area contributed by atoms with Crippen LogP contribution in [0.1, 0.15) is 32.1 Å². The molecule has 0 saturated heterocycles. The highest BCUT2D eigenvalue weighted by molar-refractivity contribution is 6.00. The summed E-state index contributed by atoms with van der Waals surface area (Å²) in [7, 11) is 4.00. The minimum absolute atomic E-state index is 0.0557. The van der Waals surface area contributed by atoms with Crippen molar-refractivity contribution in [3.8, 4) is 33.8 Å². The number of amides is 1. The predicted molar refractivity (Wildman–Crippen MR) is 180 cm³/mol. The zero-order valence-corrected chi connectivity index (χ0v) is 25.9. The Morgan fingerprint density at radius 2 is 1.76 bits per heavy atom. The number of anilines is 2. The van der Waals surface area contributed by atoms with E-state index in [1.54, 1.807) is 24.8 Å². The maximum atomic E-state index is 14.7. The van der Waals surface area contributed by atoms with Gasteiger partial charge in [0, 0.05) is 53.6 Å². The molecule has 0 bridgehead atoms. The number of carbonyl (C=O) groups is 1. The fourth-order valence-electron chi connectivity index (χ4n) is 6.18. The van der Waals surface area contributed by atoms with Crippen LogP contribution in [0.5, 0.6) is 0 Å². The molecule has 11 heteroatoms.